The first-order chi connectivity index (χ1) is 18.4. The summed E-state index contributed by atoms with van der Waals surface area (Å²) < 4.78 is 22.2. The first-order valence-corrected chi connectivity index (χ1v) is 12.7. The van der Waals surface area contributed by atoms with Gasteiger partial charge >= 0.3 is 5.97 Å². The summed E-state index contributed by atoms with van der Waals surface area (Å²) in [6, 6.07) is 8.02. The highest BCUT2D eigenvalue weighted by Crippen LogP contribution is 2.42. The molecule has 2 aromatic rings. The molecule has 0 amide bonds. The number of aliphatic hydroxyl groups is 4. The molecule has 5 rings (SSSR count). The zero-order valence-electron chi connectivity index (χ0n) is 21.0. The summed E-state index contributed by atoms with van der Waals surface area (Å²) in [5.41, 5.74) is 3.66. The molecule has 0 aliphatic carbocycles. The van der Waals surface area contributed by atoms with Gasteiger partial charge in [0.25, 0.3) is 0 Å². The number of rotatable bonds is 7. The number of H-pyrrole nitrogens is 1. The quantitative estimate of drug-likeness (QED) is 0.218. The van der Waals surface area contributed by atoms with Crippen LogP contribution in [0.15, 0.2) is 48.8 Å². The van der Waals surface area contributed by atoms with Crippen molar-refractivity contribution < 1.29 is 44.2 Å². The van der Waals surface area contributed by atoms with Crippen LogP contribution in [0.2, 0.25) is 0 Å². The van der Waals surface area contributed by atoms with Crippen molar-refractivity contribution in [3.63, 3.8) is 0 Å². The molecule has 0 spiro atoms. The van der Waals surface area contributed by atoms with Gasteiger partial charge in [-0.3, -0.25) is 0 Å². The number of aromatic nitrogens is 1. The molecule has 3 aliphatic rings. The van der Waals surface area contributed by atoms with Gasteiger partial charge in [-0.25, -0.2) is 4.79 Å². The minimum atomic E-state index is -1.60. The Balaban J connectivity index is 1.43. The van der Waals surface area contributed by atoms with E-state index in [1.165, 1.54) is 24.3 Å². The largest absolute Gasteiger partial charge is 0.471 e. The van der Waals surface area contributed by atoms with Gasteiger partial charge in [-0.05, 0) is 31.0 Å². The maximum Gasteiger partial charge on any atom is 0.337 e. The third-order valence-electron chi connectivity index (χ3n) is 7.77. The van der Waals surface area contributed by atoms with Crippen molar-refractivity contribution in [1.29, 1.82) is 0 Å². The lowest BCUT2D eigenvalue weighted by atomic mass is 9.78. The molecule has 1 saturated heterocycles. The molecule has 3 aliphatic heterocycles. The molecule has 0 saturated carbocycles. The average Bonchev–Trinajstić information content (AvgIpc) is 3.33. The van der Waals surface area contributed by atoms with Crippen LogP contribution < -0.4 is 5.32 Å². The molecule has 206 valence electrons. The molecule has 0 unspecified atom stereocenters. The molecule has 11 nitrogen and oxygen atoms in total. The summed E-state index contributed by atoms with van der Waals surface area (Å²) in [7, 11) is 1.30. The Hall–Kier alpha value is -2.77. The van der Waals surface area contributed by atoms with Crippen LogP contribution in [0.1, 0.15) is 23.7 Å². The Morgan fingerprint density at radius 3 is 2.71 bits per heavy atom. The summed E-state index contributed by atoms with van der Waals surface area (Å²) >= 11 is 0. The maximum atomic E-state index is 12.7. The topological polar surface area (TPSA) is 163 Å². The van der Waals surface area contributed by atoms with E-state index in [2.05, 4.69) is 22.9 Å². The van der Waals surface area contributed by atoms with Gasteiger partial charge < -0.3 is 49.7 Å². The summed E-state index contributed by atoms with van der Waals surface area (Å²) in [6.45, 7) is 4.13. The number of nitrogens with one attached hydrogen (secondary N) is 2. The van der Waals surface area contributed by atoms with Gasteiger partial charge in [-0.2, -0.15) is 0 Å². The predicted octanol–water partition coefficient (Wildman–Crippen LogP) is 0.393. The van der Waals surface area contributed by atoms with Crippen LogP contribution in [-0.2, 0) is 30.2 Å². The monoisotopic (exact) mass is 530 g/mol. The molecule has 0 bridgehead atoms. The minimum absolute atomic E-state index is 0.113. The molecule has 4 heterocycles. The number of para-hydroxylation sites is 1. The van der Waals surface area contributed by atoms with E-state index < -0.39 is 61.4 Å². The highest BCUT2D eigenvalue weighted by Gasteiger charge is 2.48. The van der Waals surface area contributed by atoms with Crippen LogP contribution in [0, 0.1) is 11.8 Å². The molecule has 1 fully saturated rings. The van der Waals surface area contributed by atoms with E-state index in [1.807, 2.05) is 18.2 Å². The molecule has 38 heavy (non-hydrogen) atoms. The van der Waals surface area contributed by atoms with Crippen molar-refractivity contribution in [2.75, 3.05) is 20.3 Å². The fourth-order valence-electron chi connectivity index (χ4n) is 5.74. The van der Waals surface area contributed by atoms with Gasteiger partial charge in [0.05, 0.1) is 25.6 Å². The number of methoxy groups -OCH3 is 1. The SMILES string of the molecule is C=C[C@H]1[C@H](O[C@@H]2O[C@H](CO)[C@@H](O)[C@H](O)[C@H]2O)OC=C(C(=O)OC)[C@H]1C[C@@H]1NCCc2c1[nH]c1ccccc21. The molecule has 0 radical (unpaired) electrons. The summed E-state index contributed by atoms with van der Waals surface area (Å²) in [4.78, 5) is 16.3. The van der Waals surface area contributed by atoms with E-state index in [-0.39, 0.29) is 6.04 Å². The fraction of sp³-hybridized carbons (Fsp3) is 0.519. The second kappa shape index (κ2) is 11.1. The third-order valence-corrected chi connectivity index (χ3v) is 7.77. The van der Waals surface area contributed by atoms with Gasteiger partial charge in [0.2, 0.25) is 6.29 Å². The number of carbonyl (C=O) groups is 1. The maximum absolute atomic E-state index is 12.7. The Kier molecular flexibility index (Phi) is 7.87. The highest BCUT2D eigenvalue weighted by molar-refractivity contribution is 5.89. The number of hydrogen-bond donors (Lipinski definition) is 6. The van der Waals surface area contributed by atoms with E-state index in [4.69, 9.17) is 18.9 Å². The number of aromatic amines is 1. The van der Waals surface area contributed by atoms with Crippen molar-refractivity contribution in [3.8, 4) is 0 Å². The van der Waals surface area contributed by atoms with Crippen molar-refractivity contribution in [1.82, 2.24) is 10.3 Å². The summed E-state index contributed by atoms with van der Waals surface area (Å²) in [6.07, 6.45) is -4.03. The van der Waals surface area contributed by atoms with Crippen LogP contribution in [0.3, 0.4) is 0 Å². The molecule has 1 aromatic carbocycles. The standard InChI is InChI=1S/C27H34N2O9/c1-3-13-16(10-19-21-15(8-9-28-19)14-6-4-5-7-18(14)29-21)17(25(34)35-2)12-36-26(13)38-27-24(33)23(32)22(31)20(11-30)37-27/h3-7,12-13,16,19-20,22-24,26-33H,1,8-11H2,2H3/t13-,16+,19+,20-,22-,23+,24-,26+,27+/m1/s1. The Morgan fingerprint density at radius 2 is 1.97 bits per heavy atom. The highest BCUT2D eigenvalue weighted by atomic mass is 16.8. The third kappa shape index (κ3) is 4.75. The van der Waals surface area contributed by atoms with Crippen LogP contribution in [0.4, 0.5) is 0 Å². The summed E-state index contributed by atoms with van der Waals surface area (Å²) in [5.74, 6) is -1.56. The molecular formula is C27H34N2O9. The average molecular weight is 531 g/mol. The van der Waals surface area contributed by atoms with Crippen LogP contribution in [0.5, 0.6) is 0 Å². The Morgan fingerprint density at radius 1 is 1.18 bits per heavy atom. The number of ether oxygens (including phenoxy) is 4. The van der Waals surface area contributed by atoms with Crippen molar-refractivity contribution >= 4 is 16.9 Å². The second-order valence-electron chi connectivity index (χ2n) is 9.88. The fourth-order valence-corrected chi connectivity index (χ4v) is 5.74. The normalized spacial score (nSPS) is 35.2. The van der Waals surface area contributed by atoms with Crippen molar-refractivity contribution in [3.05, 3.63) is 60.0 Å². The molecule has 11 heteroatoms. The van der Waals surface area contributed by atoms with E-state index in [0.717, 1.165) is 24.2 Å². The lowest BCUT2D eigenvalue weighted by Crippen LogP contribution is -2.60. The lowest BCUT2D eigenvalue weighted by molar-refractivity contribution is -0.339. The number of esters is 1. The Labute approximate surface area is 219 Å². The zero-order valence-corrected chi connectivity index (χ0v) is 21.0. The Bertz CT molecular complexity index is 1190. The lowest BCUT2D eigenvalue weighted by Gasteiger charge is -2.43. The van der Waals surface area contributed by atoms with Gasteiger partial charge in [0, 0.05) is 34.5 Å². The van der Waals surface area contributed by atoms with Crippen LogP contribution in [0.25, 0.3) is 10.9 Å². The molecule has 6 N–H and O–H groups in total. The van der Waals surface area contributed by atoms with E-state index in [1.54, 1.807) is 6.08 Å². The zero-order chi connectivity index (χ0) is 27.0. The summed E-state index contributed by atoms with van der Waals surface area (Å²) in [5, 5.41) is 45.0. The smallest absolute Gasteiger partial charge is 0.337 e. The minimum Gasteiger partial charge on any atom is -0.471 e. The number of carbonyl (C=O) groups excluding carboxylic acids is 1. The first-order valence-electron chi connectivity index (χ1n) is 12.7. The van der Waals surface area contributed by atoms with Crippen LogP contribution >= 0.6 is 0 Å². The van der Waals surface area contributed by atoms with Gasteiger partial charge in [0.15, 0.2) is 6.29 Å². The number of hydrogen-bond acceptors (Lipinski definition) is 10. The van der Waals surface area contributed by atoms with E-state index in [9.17, 15) is 25.2 Å². The van der Waals surface area contributed by atoms with Gasteiger partial charge in [-0.1, -0.05) is 24.3 Å². The van der Waals surface area contributed by atoms with E-state index in [0.29, 0.717) is 12.0 Å². The van der Waals surface area contributed by atoms with E-state index >= 15 is 0 Å². The second-order valence-corrected chi connectivity index (χ2v) is 9.88. The number of fused-ring (bicyclic) bond motifs is 3. The molecule has 9 atom stereocenters. The van der Waals surface area contributed by atoms with Crippen molar-refractivity contribution in [2.24, 2.45) is 11.8 Å². The number of benzene rings is 1. The van der Waals surface area contributed by atoms with Crippen LogP contribution in [-0.4, -0.2) is 88.6 Å². The predicted molar refractivity (Wildman–Crippen MR) is 134 cm³/mol. The molecule has 1 aromatic heterocycles. The van der Waals surface area contributed by atoms with Crippen molar-refractivity contribution in [2.45, 2.75) is 55.9 Å². The first kappa shape index (κ1) is 26.8. The number of aliphatic hydroxyl groups excluding tert-OH is 4. The van der Waals surface area contributed by atoms with Gasteiger partial charge in [0.1, 0.15) is 24.4 Å². The van der Waals surface area contributed by atoms with Gasteiger partial charge in [-0.15, -0.1) is 6.58 Å². The molecular weight excluding hydrogens is 496 g/mol.